The fourth-order valence-corrected chi connectivity index (χ4v) is 1.33. The van der Waals surface area contributed by atoms with Gasteiger partial charge in [-0.05, 0) is 12.5 Å². The molecule has 2 N–H and O–H groups in total. The molecule has 5 nitrogen and oxygen atoms in total. The first-order valence-corrected chi connectivity index (χ1v) is 5.17. The van der Waals surface area contributed by atoms with Crippen molar-refractivity contribution in [3.8, 4) is 0 Å². The van der Waals surface area contributed by atoms with E-state index in [1.54, 1.807) is 12.1 Å². The van der Waals surface area contributed by atoms with E-state index in [0.29, 0.717) is 5.56 Å². The molecule has 0 aliphatic rings. The fourth-order valence-electron chi connectivity index (χ4n) is 1.33. The number of ether oxygens (including phenoxy) is 1. The monoisotopic (exact) mass is 237 g/mol. The van der Waals surface area contributed by atoms with Crippen LogP contribution in [0.1, 0.15) is 24.3 Å². The van der Waals surface area contributed by atoms with Crippen LogP contribution in [0.3, 0.4) is 0 Å². The number of hydrogen-bond donors (Lipinski definition) is 2. The van der Waals surface area contributed by atoms with Crippen molar-refractivity contribution in [3.63, 3.8) is 0 Å². The highest BCUT2D eigenvalue weighted by molar-refractivity contribution is 5.80. The lowest BCUT2D eigenvalue weighted by molar-refractivity contribution is -0.147. The molecule has 0 aliphatic carbocycles. The SMILES string of the molecule is CC(=O)OCC(=O)NC(O)c1ccccc1C. The molecule has 0 bridgehead atoms. The minimum Gasteiger partial charge on any atom is -0.456 e. The maximum atomic E-state index is 11.3. The number of aliphatic hydroxyl groups excluding tert-OH is 1. The van der Waals surface area contributed by atoms with Crippen LogP contribution in [0.2, 0.25) is 0 Å². The van der Waals surface area contributed by atoms with Crippen LogP contribution in [0.4, 0.5) is 0 Å². The number of aryl methyl sites for hydroxylation is 1. The van der Waals surface area contributed by atoms with E-state index >= 15 is 0 Å². The zero-order valence-electron chi connectivity index (χ0n) is 9.77. The van der Waals surface area contributed by atoms with Gasteiger partial charge in [0.1, 0.15) is 0 Å². The lowest BCUT2D eigenvalue weighted by atomic mass is 10.1. The molecule has 92 valence electrons. The Balaban J connectivity index is 2.55. The number of carbonyl (C=O) groups excluding carboxylic acids is 2. The van der Waals surface area contributed by atoms with Crippen LogP contribution in [0.15, 0.2) is 24.3 Å². The minimum atomic E-state index is -1.10. The van der Waals surface area contributed by atoms with E-state index in [2.05, 4.69) is 10.1 Å². The number of amides is 1. The van der Waals surface area contributed by atoms with Crippen molar-refractivity contribution >= 4 is 11.9 Å². The van der Waals surface area contributed by atoms with E-state index < -0.39 is 24.7 Å². The standard InChI is InChI=1S/C12H15NO4/c1-8-5-3-4-6-10(8)12(16)13-11(15)7-17-9(2)14/h3-6,12,16H,7H2,1-2H3,(H,13,15). The van der Waals surface area contributed by atoms with E-state index in [4.69, 9.17) is 0 Å². The highest BCUT2D eigenvalue weighted by Gasteiger charge is 2.13. The van der Waals surface area contributed by atoms with Crippen LogP contribution in [-0.4, -0.2) is 23.6 Å². The predicted molar refractivity (Wildman–Crippen MR) is 60.9 cm³/mol. The number of aliphatic hydroxyl groups is 1. The van der Waals surface area contributed by atoms with Crippen molar-refractivity contribution in [3.05, 3.63) is 35.4 Å². The van der Waals surface area contributed by atoms with Crippen molar-refractivity contribution < 1.29 is 19.4 Å². The molecule has 1 unspecified atom stereocenters. The topological polar surface area (TPSA) is 75.6 Å². The Kier molecular flexibility index (Phi) is 4.66. The maximum absolute atomic E-state index is 11.3. The van der Waals surface area contributed by atoms with Gasteiger partial charge in [0, 0.05) is 12.5 Å². The van der Waals surface area contributed by atoms with Gasteiger partial charge in [0.15, 0.2) is 12.8 Å². The van der Waals surface area contributed by atoms with E-state index in [0.717, 1.165) is 5.56 Å². The smallest absolute Gasteiger partial charge is 0.303 e. The highest BCUT2D eigenvalue weighted by atomic mass is 16.5. The van der Waals surface area contributed by atoms with Gasteiger partial charge in [-0.1, -0.05) is 24.3 Å². The summed E-state index contributed by atoms with van der Waals surface area (Å²) in [7, 11) is 0. The molecule has 0 saturated carbocycles. The van der Waals surface area contributed by atoms with Crippen molar-refractivity contribution in [2.45, 2.75) is 20.1 Å². The van der Waals surface area contributed by atoms with Crippen molar-refractivity contribution in [1.29, 1.82) is 0 Å². The zero-order chi connectivity index (χ0) is 12.8. The molecule has 1 aromatic rings. The summed E-state index contributed by atoms with van der Waals surface area (Å²) in [4.78, 5) is 21.8. The Hall–Kier alpha value is -1.88. The quantitative estimate of drug-likeness (QED) is 0.596. The Morgan fingerprint density at radius 1 is 1.41 bits per heavy atom. The minimum absolute atomic E-state index is 0.391. The van der Waals surface area contributed by atoms with Crippen molar-refractivity contribution in [2.24, 2.45) is 0 Å². The van der Waals surface area contributed by atoms with Crippen LogP contribution in [0.5, 0.6) is 0 Å². The van der Waals surface area contributed by atoms with Crippen LogP contribution in [-0.2, 0) is 14.3 Å². The summed E-state index contributed by atoms with van der Waals surface area (Å²) >= 11 is 0. The van der Waals surface area contributed by atoms with Crippen molar-refractivity contribution in [1.82, 2.24) is 5.32 Å². The highest BCUT2D eigenvalue weighted by Crippen LogP contribution is 2.14. The summed E-state index contributed by atoms with van der Waals surface area (Å²) in [6.45, 7) is 2.65. The molecule has 0 saturated heterocycles. The zero-order valence-corrected chi connectivity index (χ0v) is 9.77. The molecule has 1 rings (SSSR count). The molecular weight excluding hydrogens is 222 g/mol. The van der Waals surface area contributed by atoms with Crippen LogP contribution < -0.4 is 5.32 Å². The Labute approximate surface area is 99.4 Å². The fraction of sp³-hybridized carbons (Fsp3) is 0.333. The van der Waals surface area contributed by atoms with Gasteiger partial charge in [-0.2, -0.15) is 0 Å². The summed E-state index contributed by atoms with van der Waals surface area (Å²) < 4.78 is 4.51. The number of esters is 1. The number of nitrogens with one attached hydrogen (secondary N) is 1. The predicted octanol–water partition coefficient (Wildman–Crippen LogP) is 0.665. The number of hydrogen-bond acceptors (Lipinski definition) is 4. The molecule has 1 aromatic carbocycles. The van der Waals surface area contributed by atoms with E-state index in [9.17, 15) is 14.7 Å². The second-order valence-electron chi connectivity index (χ2n) is 3.61. The Morgan fingerprint density at radius 3 is 2.65 bits per heavy atom. The third-order valence-corrected chi connectivity index (χ3v) is 2.19. The first kappa shape index (κ1) is 13.2. The van der Waals surface area contributed by atoms with Gasteiger partial charge in [0.2, 0.25) is 0 Å². The summed E-state index contributed by atoms with van der Waals surface area (Å²) in [5.74, 6) is -1.08. The normalized spacial score (nSPS) is 11.7. The van der Waals surface area contributed by atoms with Gasteiger partial charge < -0.3 is 15.2 Å². The summed E-state index contributed by atoms with van der Waals surface area (Å²) in [6, 6.07) is 7.15. The molecule has 1 atom stereocenters. The molecule has 0 fully saturated rings. The molecule has 1 amide bonds. The first-order chi connectivity index (χ1) is 8.00. The summed E-state index contributed by atoms with van der Waals surface area (Å²) in [5.41, 5.74) is 1.48. The van der Waals surface area contributed by atoms with Gasteiger partial charge in [0.05, 0.1) is 0 Å². The summed E-state index contributed by atoms with van der Waals surface area (Å²) in [6.07, 6.45) is -1.10. The average molecular weight is 237 g/mol. The van der Waals surface area contributed by atoms with Crippen LogP contribution >= 0.6 is 0 Å². The molecular formula is C12H15NO4. The molecule has 0 heterocycles. The van der Waals surface area contributed by atoms with E-state index in [1.807, 2.05) is 19.1 Å². The molecule has 0 spiro atoms. The average Bonchev–Trinajstić information content (AvgIpc) is 2.26. The number of rotatable bonds is 4. The van der Waals surface area contributed by atoms with Gasteiger partial charge in [-0.3, -0.25) is 9.59 Å². The van der Waals surface area contributed by atoms with Crippen LogP contribution in [0.25, 0.3) is 0 Å². The molecule has 5 heteroatoms. The lowest BCUT2D eigenvalue weighted by Crippen LogP contribution is -2.32. The third-order valence-electron chi connectivity index (χ3n) is 2.19. The van der Waals surface area contributed by atoms with Gasteiger partial charge in [-0.25, -0.2) is 0 Å². The largest absolute Gasteiger partial charge is 0.456 e. The van der Waals surface area contributed by atoms with E-state index in [1.165, 1.54) is 6.92 Å². The van der Waals surface area contributed by atoms with Crippen LogP contribution in [0, 0.1) is 6.92 Å². The maximum Gasteiger partial charge on any atom is 0.303 e. The molecule has 0 aromatic heterocycles. The second-order valence-corrected chi connectivity index (χ2v) is 3.61. The lowest BCUT2D eigenvalue weighted by Gasteiger charge is -2.15. The number of benzene rings is 1. The first-order valence-electron chi connectivity index (χ1n) is 5.17. The number of carbonyl (C=O) groups is 2. The van der Waals surface area contributed by atoms with E-state index in [-0.39, 0.29) is 0 Å². The third kappa shape index (κ3) is 4.24. The Bertz CT molecular complexity index is 417. The Morgan fingerprint density at radius 2 is 2.06 bits per heavy atom. The molecule has 0 radical (unpaired) electrons. The second kappa shape index (κ2) is 6.00. The summed E-state index contributed by atoms with van der Waals surface area (Å²) in [5, 5.41) is 12.1. The van der Waals surface area contributed by atoms with Gasteiger partial charge >= 0.3 is 5.97 Å². The van der Waals surface area contributed by atoms with Crippen molar-refractivity contribution in [2.75, 3.05) is 6.61 Å². The van der Waals surface area contributed by atoms with Gasteiger partial charge in [-0.15, -0.1) is 0 Å². The van der Waals surface area contributed by atoms with Gasteiger partial charge in [0.25, 0.3) is 5.91 Å². The molecule has 0 aliphatic heterocycles. The molecule has 17 heavy (non-hydrogen) atoms.